The summed E-state index contributed by atoms with van der Waals surface area (Å²) in [6.07, 6.45) is 3.79. The molecule has 0 aromatic rings. The topological polar surface area (TPSA) is 52.6 Å². The van der Waals surface area contributed by atoms with Crippen LogP contribution in [-0.4, -0.2) is 32.8 Å². The number of carbonyl (C=O) groups excluding carboxylic acids is 2. The Morgan fingerprint density at radius 3 is 2.07 bits per heavy atom. The quantitative estimate of drug-likeness (QED) is 0.170. The molecule has 0 heterocycles. The molecule has 6 atom stereocenters. The van der Waals surface area contributed by atoms with E-state index in [2.05, 4.69) is 47.4 Å². The number of rotatable bonds is 12. The second-order valence-corrected chi connectivity index (χ2v) is 14.7. The van der Waals surface area contributed by atoms with Crippen molar-refractivity contribution in [3.63, 3.8) is 0 Å². The fourth-order valence-electron chi connectivity index (χ4n) is 3.11. The van der Waals surface area contributed by atoms with E-state index in [0.717, 1.165) is 12.7 Å². The minimum absolute atomic E-state index is 0.0359. The van der Waals surface area contributed by atoms with Crippen molar-refractivity contribution in [3.05, 3.63) is 12.7 Å². The van der Waals surface area contributed by atoms with Crippen molar-refractivity contribution in [3.8, 4) is 0 Å². The van der Waals surface area contributed by atoms with Gasteiger partial charge >= 0.3 is 5.97 Å². The Morgan fingerprint density at radius 2 is 1.68 bits per heavy atom. The van der Waals surface area contributed by atoms with Crippen LogP contribution >= 0.6 is 0 Å². The number of hydrogen-bond donors (Lipinski definition) is 0. The molecular formula is C23H44O4Si. The lowest BCUT2D eigenvalue weighted by atomic mass is 9.87. The van der Waals surface area contributed by atoms with E-state index in [4.69, 9.17) is 9.16 Å². The number of hydrogen-bond acceptors (Lipinski definition) is 4. The van der Waals surface area contributed by atoms with E-state index in [9.17, 15) is 9.59 Å². The van der Waals surface area contributed by atoms with E-state index < -0.39 is 14.2 Å². The Kier molecular flexibility index (Phi) is 10.9. The normalized spacial score (nSPS) is 19.1. The Hall–Kier alpha value is -0.943. The first-order valence-corrected chi connectivity index (χ1v) is 13.6. The minimum Gasteiger partial charge on any atom is -0.461 e. The summed E-state index contributed by atoms with van der Waals surface area (Å²) in [5.74, 6) is -0.501. The van der Waals surface area contributed by atoms with Gasteiger partial charge < -0.3 is 14.0 Å². The third-order valence-corrected chi connectivity index (χ3v) is 10.7. The molecule has 0 saturated carbocycles. The predicted octanol–water partition coefficient (Wildman–Crippen LogP) is 6.02. The molecule has 0 aliphatic carbocycles. The highest BCUT2D eigenvalue weighted by molar-refractivity contribution is 6.74. The largest absolute Gasteiger partial charge is 0.461 e. The van der Waals surface area contributed by atoms with Gasteiger partial charge in [0.2, 0.25) is 0 Å². The van der Waals surface area contributed by atoms with Crippen LogP contribution in [-0.2, 0) is 18.8 Å². The summed E-state index contributed by atoms with van der Waals surface area (Å²) in [5.41, 5.74) is 0. The van der Waals surface area contributed by atoms with Gasteiger partial charge in [-0.3, -0.25) is 4.79 Å². The predicted molar refractivity (Wildman–Crippen MR) is 120 cm³/mol. The Bertz CT molecular complexity index is 509. The lowest BCUT2D eigenvalue weighted by molar-refractivity contribution is -0.160. The van der Waals surface area contributed by atoms with Gasteiger partial charge in [0, 0.05) is 11.8 Å². The van der Waals surface area contributed by atoms with Crippen molar-refractivity contribution in [2.75, 3.05) is 0 Å². The summed E-state index contributed by atoms with van der Waals surface area (Å²) < 4.78 is 12.5. The molecule has 0 N–H and O–H groups in total. The molecule has 0 amide bonds. The molecule has 0 unspecified atom stereocenters. The molecule has 0 radical (unpaired) electrons. The van der Waals surface area contributed by atoms with E-state index in [1.54, 1.807) is 0 Å². The molecule has 0 rings (SSSR count). The van der Waals surface area contributed by atoms with E-state index in [0.29, 0.717) is 6.42 Å². The number of aldehydes is 1. The van der Waals surface area contributed by atoms with Gasteiger partial charge in [0.05, 0.1) is 12.0 Å². The molecule has 5 heteroatoms. The van der Waals surface area contributed by atoms with Crippen molar-refractivity contribution in [1.82, 2.24) is 0 Å². The Labute approximate surface area is 174 Å². The monoisotopic (exact) mass is 412 g/mol. The van der Waals surface area contributed by atoms with Gasteiger partial charge in [-0.1, -0.05) is 54.5 Å². The van der Waals surface area contributed by atoms with Gasteiger partial charge in [-0.05, 0) is 43.8 Å². The number of carbonyl (C=O) groups is 2. The highest BCUT2D eigenvalue weighted by Gasteiger charge is 2.43. The van der Waals surface area contributed by atoms with Gasteiger partial charge in [0.1, 0.15) is 12.4 Å². The van der Waals surface area contributed by atoms with Crippen LogP contribution in [0.1, 0.15) is 68.2 Å². The number of esters is 1. The van der Waals surface area contributed by atoms with E-state index in [-0.39, 0.29) is 41.0 Å². The first-order chi connectivity index (χ1) is 12.7. The van der Waals surface area contributed by atoms with Gasteiger partial charge in [-0.2, -0.15) is 0 Å². The smallest absolute Gasteiger partial charge is 0.311 e. The van der Waals surface area contributed by atoms with Crippen molar-refractivity contribution in [2.45, 2.75) is 98.6 Å². The average molecular weight is 413 g/mol. The van der Waals surface area contributed by atoms with E-state index >= 15 is 0 Å². The van der Waals surface area contributed by atoms with Crippen LogP contribution in [0.4, 0.5) is 0 Å². The molecule has 0 aromatic carbocycles. The molecule has 0 aliphatic heterocycles. The van der Waals surface area contributed by atoms with Crippen molar-refractivity contribution >= 4 is 20.6 Å². The molecule has 4 nitrogen and oxygen atoms in total. The molecule has 0 bridgehead atoms. The highest BCUT2D eigenvalue weighted by Crippen LogP contribution is 2.40. The summed E-state index contributed by atoms with van der Waals surface area (Å²) in [6.45, 7) is 24.7. The molecule has 0 aliphatic rings. The average Bonchev–Trinajstić information content (AvgIpc) is 2.61. The summed E-state index contributed by atoms with van der Waals surface area (Å²) in [6, 6.07) is 0. The fraction of sp³-hybridized carbons (Fsp3) is 0.826. The summed E-state index contributed by atoms with van der Waals surface area (Å²) >= 11 is 0. The summed E-state index contributed by atoms with van der Waals surface area (Å²) in [5, 5.41) is 0.0359. The van der Waals surface area contributed by atoms with Gasteiger partial charge in [0.25, 0.3) is 0 Å². The zero-order valence-corrected chi connectivity index (χ0v) is 20.9. The summed E-state index contributed by atoms with van der Waals surface area (Å²) in [4.78, 5) is 24.1. The zero-order valence-electron chi connectivity index (χ0n) is 19.9. The SMILES string of the molecule is C=C[C@@H](C)[C@@H](CC)OC(=O)[C@H](C)[C@@H](O[Si](C)(C)C(C)(C)C)[C@@H](C)C[C@@H](C)C=O. The first-order valence-electron chi connectivity index (χ1n) is 10.7. The molecule has 0 saturated heterocycles. The second-order valence-electron chi connectivity index (χ2n) is 9.94. The molecular weight excluding hydrogens is 368 g/mol. The lowest BCUT2D eigenvalue weighted by Gasteiger charge is -2.42. The van der Waals surface area contributed by atoms with Crippen molar-refractivity contribution < 1.29 is 18.8 Å². The maximum Gasteiger partial charge on any atom is 0.311 e. The third-order valence-electron chi connectivity index (χ3n) is 6.27. The van der Waals surface area contributed by atoms with Crippen LogP contribution in [0.5, 0.6) is 0 Å². The third kappa shape index (κ3) is 7.82. The first kappa shape index (κ1) is 27.1. The van der Waals surface area contributed by atoms with E-state index in [1.165, 1.54) is 0 Å². The molecule has 0 aromatic heterocycles. The van der Waals surface area contributed by atoms with Gasteiger partial charge in [-0.25, -0.2) is 0 Å². The molecule has 164 valence electrons. The number of ether oxygens (including phenoxy) is 1. The Balaban J connectivity index is 5.60. The molecule has 0 fully saturated rings. The van der Waals surface area contributed by atoms with Crippen LogP contribution in [0.15, 0.2) is 12.7 Å². The van der Waals surface area contributed by atoms with Crippen LogP contribution in [0, 0.1) is 23.7 Å². The van der Waals surface area contributed by atoms with Crippen LogP contribution in [0.3, 0.4) is 0 Å². The van der Waals surface area contributed by atoms with Crippen molar-refractivity contribution in [1.29, 1.82) is 0 Å². The maximum absolute atomic E-state index is 13.0. The Morgan fingerprint density at radius 1 is 1.14 bits per heavy atom. The van der Waals surface area contributed by atoms with Crippen molar-refractivity contribution in [2.24, 2.45) is 23.7 Å². The van der Waals surface area contributed by atoms with E-state index in [1.807, 2.05) is 33.8 Å². The second kappa shape index (κ2) is 11.3. The standard InChI is InChI=1S/C23H44O4Si/c1-12-17(4)20(13-2)26-22(25)19(6)21(18(5)14-16(3)15-24)27-28(10,11)23(7,8)9/h12,15-21H,1,13-14H2,2-11H3/t16-,17-,18+,19-,20-,21+/m1/s1. The van der Waals surface area contributed by atoms with Crippen LogP contribution < -0.4 is 0 Å². The lowest BCUT2D eigenvalue weighted by Crippen LogP contribution is -2.49. The van der Waals surface area contributed by atoms with Gasteiger partial charge in [0.15, 0.2) is 8.32 Å². The van der Waals surface area contributed by atoms with Crippen LogP contribution in [0.2, 0.25) is 18.1 Å². The van der Waals surface area contributed by atoms with Crippen LogP contribution in [0.25, 0.3) is 0 Å². The van der Waals surface area contributed by atoms with Gasteiger partial charge in [-0.15, -0.1) is 6.58 Å². The fourth-order valence-corrected chi connectivity index (χ4v) is 4.58. The maximum atomic E-state index is 13.0. The highest BCUT2D eigenvalue weighted by atomic mass is 28.4. The molecule has 0 spiro atoms. The zero-order chi connectivity index (χ0) is 22.3. The molecule has 28 heavy (non-hydrogen) atoms. The minimum atomic E-state index is -2.09. The summed E-state index contributed by atoms with van der Waals surface area (Å²) in [7, 11) is -2.09.